The number of hydrogen-bond donors (Lipinski definition) is 2. The van der Waals surface area contributed by atoms with E-state index in [4.69, 9.17) is 23.2 Å². The van der Waals surface area contributed by atoms with Gasteiger partial charge in [-0.25, -0.2) is 9.07 Å². The van der Waals surface area contributed by atoms with Gasteiger partial charge in [-0.3, -0.25) is 9.59 Å². The maximum atomic E-state index is 13.2. The van der Waals surface area contributed by atoms with Crippen LogP contribution in [-0.4, -0.2) is 21.6 Å². The Balaban J connectivity index is 1.67. The summed E-state index contributed by atoms with van der Waals surface area (Å²) in [4.78, 5) is 25.0. The maximum Gasteiger partial charge on any atom is 0.249 e. The molecular weight excluding hydrogens is 406 g/mol. The molecule has 9 heteroatoms. The average Bonchev–Trinajstić information content (AvgIpc) is 3.09. The van der Waals surface area contributed by atoms with Crippen molar-refractivity contribution in [3.05, 3.63) is 64.5 Å². The van der Waals surface area contributed by atoms with Crippen molar-refractivity contribution in [3.8, 4) is 11.1 Å². The summed E-state index contributed by atoms with van der Waals surface area (Å²) in [5.74, 6) is -0.771. The van der Waals surface area contributed by atoms with Gasteiger partial charge in [0.2, 0.25) is 11.8 Å². The lowest BCUT2D eigenvalue weighted by atomic mass is 10.1. The van der Waals surface area contributed by atoms with E-state index in [0.717, 1.165) is 0 Å². The summed E-state index contributed by atoms with van der Waals surface area (Å²) in [5, 5.41) is 10.2. The number of rotatable bonds is 3. The van der Waals surface area contributed by atoms with E-state index >= 15 is 0 Å². The molecule has 28 heavy (non-hydrogen) atoms. The molecule has 3 aromatic rings. The second-order valence-corrected chi connectivity index (χ2v) is 7.00. The second kappa shape index (κ2) is 7.26. The molecule has 0 spiro atoms. The van der Waals surface area contributed by atoms with E-state index in [-0.39, 0.29) is 23.2 Å². The van der Waals surface area contributed by atoms with Crippen LogP contribution >= 0.6 is 23.2 Å². The number of carbonyl (C=O) groups is 2. The number of nitrogens with one attached hydrogen (secondary N) is 2. The fourth-order valence-corrected chi connectivity index (χ4v) is 3.38. The Bertz CT molecular complexity index is 1080. The van der Waals surface area contributed by atoms with Crippen molar-refractivity contribution in [3.63, 3.8) is 0 Å². The molecule has 1 aromatic heterocycles. The minimum atomic E-state index is -0.868. The third kappa shape index (κ3) is 3.34. The molecule has 1 atom stereocenters. The first-order valence-corrected chi connectivity index (χ1v) is 9.08. The minimum absolute atomic E-state index is 0.0818. The number of aromatic nitrogens is 2. The number of fused-ring (bicyclic) bond motifs is 1. The smallest absolute Gasteiger partial charge is 0.249 e. The number of carbonyl (C=O) groups excluding carboxylic acids is 2. The Hall–Kier alpha value is -2.90. The molecule has 1 aliphatic heterocycles. The molecule has 142 valence electrons. The highest BCUT2D eigenvalue weighted by Gasteiger charge is 2.33. The molecule has 0 saturated heterocycles. The lowest BCUT2D eigenvalue weighted by Gasteiger charge is -2.24. The van der Waals surface area contributed by atoms with Crippen molar-refractivity contribution >= 4 is 46.5 Å². The molecule has 0 fully saturated rings. The van der Waals surface area contributed by atoms with Gasteiger partial charge >= 0.3 is 0 Å². The lowest BCUT2D eigenvalue weighted by Crippen LogP contribution is -2.35. The van der Waals surface area contributed by atoms with Crippen LogP contribution in [0, 0.1) is 5.82 Å². The Morgan fingerprint density at radius 2 is 1.96 bits per heavy atom. The number of halogens is 3. The van der Waals surface area contributed by atoms with E-state index < -0.39 is 11.9 Å². The van der Waals surface area contributed by atoms with Crippen LogP contribution in [0.15, 0.2) is 48.7 Å². The first kappa shape index (κ1) is 18.5. The Kier molecular flexibility index (Phi) is 4.78. The molecule has 2 N–H and O–H groups in total. The number of hydrogen-bond acceptors (Lipinski definition) is 3. The standard InChI is InChI=1S/C19H13Cl2FN4O2/c20-13-2-1-3-14(17(13)21)24-19(28)15-8-16(27)25-18-12(9-23-26(15)18)10-4-6-11(22)7-5-10/h1-7,9,15H,8H2,(H,24,28)(H,25,27)/t15-/m1/s1. The summed E-state index contributed by atoms with van der Waals surface area (Å²) < 4.78 is 14.6. The molecule has 2 amide bonds. The van der Waals surface area contributed by atoms with Crippen LogP contribution in [0.5, 0.6) is 0 Å². The van der Waals surface area contributed by atoms with Gasteiger partial charge in [0.05, 0.1) is 28.4 Å². The molecule has 2 aromatic carbocycles. The predicted octanol–water partition coefficient (Wildman–Crippen LogP) is 4.52. The van der Waals surface area contributed by atoms with Crippen LogP contribution in [0.25, 0.3) is 11.1 Å². The number of nitrogens with zero attached hydrogens (tertiary/aromatic N) is 2. The van der Waals surface area contributed by atoms with Crippen LogP contribution in [0.4, 0.5) is 15.9 Å². The first-order valence-electron chi connectivity index (χ1n) is 8.32. The van der Waals surface area contributed by atoms with Gasteiger partial charge in [0.15, 0.2) is 0 Å². The van der Waals surface area contributed by atoms with E-state index in [2.05, 4.69) is 15.7 Å². The average molecular weight is 419 g/mol. The monoisotopic (exact) mass is 418 g/mol. The Morgan fingerprint density at radius 1 is 1.21 bits per heavy atom. The van der Waals surface area contributed by atoms with Crippen molar-refractivity contribution in [2.24, 2.45) is 0 Å². The summed E-state index contributed by atoms with van der Waals surface area (Å²) in [6.07, 6.45) is 1.45. The molecular formula is C19H13Cl2FN4O2. The van der Waals surface area contributed by atoms with Gasteiger partial charge in [-0.1, -0.05) is 41.4 Å². The van der Waals surface area contributed by atoms with Crippen LogP contribution in [-0.2, 0) is 9.59 Å². The lowest BCUT2D eigenvalue weighted by molar-refractivity contribution is -0.125. The molecule has 6 nitrogen and oxygen atoms in total. The van der Waals surface area contributed by atoms with Gasteiger partial charge in [-0.05, 0) is 29.8 Å². The first-order chi connectivity index (χ1) is 13.4. The summed E-state index contributed by atoms with van der Waals surface area (Å²) in [7, 11) is 0. The third-order valence-electron chi connectivity index (χ3n) is 4.39. The SMILES string of the molecule is O=C1C[C@H](C(=O)Nc2cccc(Cl)c2Cl)n2ncc(-c3ccc(F)cc3)c2N1. The summed E-state index contributed by atoms with van der Waals surface area (Å²) in [6.45, 7) is 0. The van der Waals surface area contributed by atoms with Crippen molar-refractivity contribution in [2.75, 3.05) is 10.6 Å². The zero-order valence-corrected chi connectivity index (χ0v) is 15.8. The molecule has 0 bridgehead atoms. The third-order valence-corrected chi connectivity index (χ3v) is 5.21. The van der Waals surface area contributed by atoms with Gasteiger partial charge in [-0.2, -0.15) is 5.10 Å². The molecule has 4 rings (SSSR count). The highest BCUT2D eigenvalue weighted by molar-refractivity contribution is 6.44. The van der Waals surface area contributed by atoms with Crippen molar-refractivity contribution in [1.82, 2.24) is 9.78 Å². The van der Waals surface area contributed by atoms with Crippen LogP contribution in [0.3, 0.4) is 0 Å². The van der Waals surface area contributed by atoms with Gasteiger partial charge < -0.3 is 10.6 Å². The largest absolute Gasteiger partial charge is 0.323 e. The number of anilines is 2. The van der Waals surface area contributed by atoms with Crippen molar-refractivity contribution in [1.29, 1.82) is 0 Å². The predicted molar refractivity (Wildman–Crippen MR) is 105 cm³/mol. The molecule has 1 aliphatic rings. The zero-order chi connectivity index (χ0) is 19.8. The van der Waals surface area contributed by atoms with Crippen LogP contribution < -0.4 is 10.6 Å². The van der Waals surface area contributed by atoms with Gasteiger partial charge in [0.1, 0.15) is 17.7 Å². The summed E-state index contributed by atoms with van der Waals surface area (Å²) in [5.41, 5.74) is 1.60. The van der Waals surface area contributed by atoms with E-state index in [1.165, 1.54) is 23.0 Å². The Labute approximate surface area is 169 Å². The van der Waals surface area contributed by atoms with Crippen LogP contribution in [0.1, 0.15) is 12.5 Å². The topological polar surface area (TPSA) is 76.0 Å². The van der Waals surface area contributed by atoms with Crippen LogP contribution in [0.2, 0.25) is 10.0 Å². The molecule has 0 saturated carbocycles. The quantitative estimate of drug-likeness (QED) is 0.656. The fourth-order valence-electron chi connectivity index (χ4n) is 3.03. The zero-order valence-electron chi connectivity index (χ0n) is 14.2. The second-order valence-electron chi connectivity index (χ2n) is 6.22. The highest BCUT2D eigenvalue weighted by Crippen LogP contribution is 2.35. The van der Waals surface area contributed by atoms with Crippen molar-refractivity contribution < 1.29 is 14.0 Å². The van der Waals surface area contributed by atoms with Gasteiger partial charge in [0.25, 0.3) is 0 Å². The Morgan fingerprint density at radius 3 is 2.71 bits per heavy atom. The van der Waals surface area contributed by atoms with Crippen molar-refractivity contribution in [2.45, 2.75) is 12.5 Å². The van der Waals surface area contributed by atoms with E-state index in [1.807, 2.05) is 0 Å². The fraction of sp³-hybridized carbons (Fsp3) is 0.105. The van der Waals surface area contributed by atoms with Gasteiger partial charge in [0, 0.05) is 5.56 Å². The number of amides is 2. The minimum Gasteiger partial charge on any atom is -0.323 e. The highest BCUT2D eigenvalue weighted by atomic mass is 35.5. The molecule has 0 aliphatic carbocycles. The molecule has 2 heterocycles. The molecule has 0 unspecified atom stereocenters. The van der Waals surface area contributed by atoms with Gasteiger partial charge in [-0.15, -0.1) is 0 Å². The van der Waals surface area contributed by atoms with E-state index in [1.54, 1.807) is 30.3 Å². The van der Waals surface area contributed by atoms with E-state index in [0.29, 0.717) is 27.7 Å². The summed E-state index contributed by atoms with van der Waals surface area (Å²) >= 11 is 12.1. The molecule has 0 radical (unpaired) electrons. The number of benzene rings is 2. The summed E-state index contributed by atoms with van der Waals surface area (Å²) in [6, 6.07) is 9.79. The van der Waals surface area contributed by atoms with E-state index in [9.17, 15) is 14.0 Å². The normalized spacial score (nSPS) is 15.7. The maximum absolute atomic E-state index is 13.2.